The molecule has 0 spiro atoms. The predicted octanol–water partition coefficient (Wildman–Crippen LogP) is 2.82. The van der Waals surface area contributed by atoms with Gasteiger partial charge in [-0.3, -0.25) is 4.98 Å². The van der Waals surface area contributed by atoms with Crippen molar-refractivity contribution in [2.45, 2.75) is 6.04 Å². The molecule has 0 aliphatic rings. The minimum absolute atomic E-state index is 0.265. The summed E-state index contributed by atoms with van der Waals surface area (Å²) in [6.07, 6.45) is 3.34. The molecule has 0 bridgehead atoms. The van der Waals surface area contributed by atoms with Crippen LogP contribution in [0.25, 0.3) is 0 Å². The fourth-order valence-corrected chi connectivity index (χ4v) is 1.69. The van der Waals surface area contributed by atoms with Gasteiger partial charge in [-0.2, -0.15) is 0 Å². The van der Waals surface area contributed by atoms with Crippen molar-refractivity contribution in [2.24, 2.45) is 5.73 Å². The van der Waals surface area contributed by atoms with Gasteiger partial charge in [-0.15, -0.1) is 0 Å². The SMILES string of the molecule is COc1cncc(C(N)COc2ccc(Cl)cc2)c1. The van der Waals surface area contributed by atoms with Crippen LogP contribution >= 0.6 is 11.6 Å². The van der Waals surface area contributed by atoms with Gasteiger partial charge >= 0.3 is 0 Å². The van der Waals surface area contributed by atoms with Gasteiger partial charge in [0, 0.05) is 11.2 Å². The Morgan fingerprint density at radius 2 is 1.95 bits per heavy atom. The molecule has 1 unspecified atom stereocenters. The second-order valence-electron chi connectivity index (χ2n) is 4.03. The van der Waals surface area contributed by atoms with Crippen molar-refractivity contribution in [3.05, 3.63) is 53.3 Å². The first-order valence-electron chi connectivity index (χ1n) is 5.82. The Hall–Kier alpha value is -1.78. The van der Waals surface area contributed by atoms with Crippen molar-refractivity contribution in [3.8, 4) is 11.5 Å². The molecule has 0 aliphatic heterocycles. The topological polar surface area (TPSA) is 57.4 Å². The Bertz CT molecular complexity index is 531. The van der Waals surface area contributed by atoms with Gasteiger partial charge < -0.3 is 15.2 Å². The molecule has 1 atom stereocenters. The van der Waals surface area contributed by atoms with Crippen LogP contribution in [0.4, 0.5) is 0 Å². The van der Waals surface area contributed by atoms with Gasteiger partial charge in [0.1, 0.15) is 18.1 Å². The van der Waals surface area contributed by atoms with Crippen LogP contribution in [0.5, 0.6) is 11.5 Å². The van der Waals surface area contributed by atoms with Crippen molar-refractivity contribution >= 4 is 11.6 Å². The van der Waals surface area contributed by atoms with Crippen LogP contribution in [0.1, 0.15) is 11.6 Å². The van der Waals surface area contributed by atoms with Crippen molar-refractivity contribution in [1.29, 1.82) is 0 Å². The molecule has 1 aromatic carbocycles. The summed E-state index contributed by atoms with van der Waals surface area (Å²) in [7, 11) is 1.59. The number of nitrogens with zero attached hydrogens (tertiary/aromatic N) is 1. The maximum absolute atomic E-state index is 6.05. The van der Waals surface area contributed by atoms with E-state index in [2.05, 4.69) is 4.98 Å². The van der Waals surface area contributed by atoms with E-state index in [4.69, 9.17) is 26.8 Å². The fraction of sp³-hybridized carbons (Fsp3) is 0.214. The molecule has 2 N–H and O–H groups in total. The second-order valence-corrected chi connectivity index (χ2v) is 4.47. The molecule has 1 aromatic heterocycles. The lowest BCUT2D eigenvalue weighted by molar-refractivity contribution is 0.290. The van der Waals surface area contributed by atoms with Gasteiger partial charge in [0.25, 0.3) is 0 Å². The third-order valence-corrected chi connectivity index (χ3v) is 2.89. The quantitative estimate of drug-likeness (QED) is 0.914. The number of pyridine rings is 1. The van der Waals surface area contributed by atoms with Crippen LogP contribution < -0.4 is 15.2 Å². The molecule has 0 radical (unpaired) electrons. The lowest BCUT2D eigenvalue weighted by Gasteiger charge is -2.14. The second kappa shape index (κ2) is 6.41. The maximum atomic E-state index is 6.05. The summed E-state index contributed by atoms with van der Waals surface area (Å²) >= 11 is 5.80. The molecule has 2 aromatic rings. The molecular formula is C14H15ClN2O2. The molecule has 0 fully saturated rings. The third-order valence-electron chi connectivity index (χ3n) is 2.64. The van der Waals surface area contributed by atoms with E-state index < -0.39 is 0 Å². The minimum Gasteiger partial charge on any atom is -0.495 e. The van der Waals surface area contributed by atoms with Crippen LogP contribution in [-0.4, -0.2) is 18.7 Å². The highest BCUT2D eigenvalue weighted by Crippen LogP contribution is 2.19. The van der Waals surface area contributed by atoms with E-state index in [-0.39, 0.29) is 6.04 Å². The number of hydrogen-bond acceptors (Lipinski definition) is 4. The van der Waals surface area contributed by atoms with Gasteiger partial charge in [-0.25, -0.2) is 0 Å². The van der Waals surface area contributed by atoms with E-state index in [1.54, 1.807) is 43.8 Å². The fourth-order valence-electron chi connectivity index (χ4n) is 1.56. The predicted molar refractivity (Wildman–Crippen MR) is 74.7 cm³/mol. The van der Waals surface area contributed by atoms with Crippen LogP contribution in [0.15, 0.2) is 42.7 Å². The van der Waals surface area contributed by atoms with E-state index in [1.807, 2.05) is 6.07 Å². The first-order valence-corrected chi connectivity index (χ1v) is 6.19. The number of nitrogens with two attached hydrogens (primary N) is 1. The lowest BCUT2D eigenvalue weighted by Crippen LogP contribution is -2.19. The molecule has 1 heterocycles. The number of rotatable bonds is 5. The zero-order valence-corrected chi connectivity index (χ0v) is 11.3. The largest absolute Gasteiger partial charge is 0.495 e. The summed E-state index contributed by atoms with van der Waals surface area (Å²) in [4.78, 5) is 4.07. The summed E-state index contributed by atoms with van der Waals surface area (Å²) < 4.78 is 10.7. The molecule has 0 saturated carbocycles. The summed E-state index contributed by atoms with van der Waals surface area (Å²) in [5.74, 6) is 1.41. The monoisotopic (exact) mass is 278 g/mol. The van der Waals surface area contributed by atoms with Crippen LogP contribution in [0, 0.1) is 0 Å². The number of halogens is 1. The normalized spacial score (nSPS) is 11.9. The lowest BCUT2D eigenvalue weighted by atomic mass is 10.1. The number of ether oxygens (including phenoxy) is 2. The average Bonchev–Trinajstić information content (AvgIpc) is 2.46. The Kier molecular flexibility index (Phi) is 4.60. The first-order chi connectivity index (χ1) is 9.19. The van der Waals surface area contributed by atoms with Gasteiger partial charge in [0.15, 0.2) is 0 Å². The first kappa shape index (κ1) is 13.6. The van der Waals surface area contributed by atoms with E-state index in [9.17, 15) is 0 Å². The van der Waals surface area contributed by atoms with Crippen molar-refractivity contribution in [3.63, 3.8) is 0 Å². The highest BCUT2D eigenvalue weighted by atomic mass is 35.5. The molecule has 0 aliphatic carbocycles. The zero-order valence-electron chi connectivity index (χ0n) is 10.5. The number of benzene rings is 1. The Morgan fingerprint density at radius 3 is 2.63 bits per heavy atom. The summed E-state index contributed by atoms with van der Waals surface area (Å²) in [5, 5.41) is 0.675. The number of aromatic nitrogens is 1. The van der Waals surface area contributed by atoms with E-state index in [0.717, 1.165) is 11.3 Å². The molecule has 19 heavy (non-hydrogen) atoms. The molecule has 2 rings (SSSR count). The highest BCUT2D eigenvalue weighted by Gasteiger charge is 2.08. The maximum Gasteiger partial charge on any atom is 0.137 e. The summed E-state index contributed by atoms with van der Waals surface area (Å²) in [6.45, 7) is 0.358. The van der Waals surface area contributed by atoms with Gasteiger partial charge in [-0.05, 0) is 35.9 Å². The molecule has 4 nitrogen and oxygen atoms in total. The minimum atomic E-state index is -0.265. The van der Waals surface area contributed by atoms with Gasteiger partial charge in [-0.1, -0.05) is 11.6 Å². The molecular weight excluding hydrogens is 264 g/mol. The summed E-state index contributed by atoms with van der Waals surface area (Å²) in [5.41, 5.74) is 6.92. The standard InChI is InChI=1S/C14H15ClN2O2/c1-18-13-6-10(7-17-8-13)14(16)9-19-12-4-2-11(15)3-5-12/h2-8,14H,9,16H2,1H3. The molecule has 100 valence electrons. The van der Waals surface area contributed by atoms with Gasteiger partial charge in [0.2, 0.25) is 0 Å². The number of hydrogen-bond donors (Lipinski definition) is 1. The Morgan fingerprint density at radius 1 is 1.21 bits per heavy atom. The van der Waals surface area contributed by atoms with Crippen molar-refractivity contribution in [2.75, 3.05) is 13.7 Å². The highest BCUT2D eigenvalue weighted by molar-refractivity contribution is 6.30. The molecule has 5 heteroatoms. The van der Waals surface area contributed by atoms with Crippen LogP contribution in [-0.2, 0) is 0 Å². The average molecular weight is 279 g/mol. The third kappa shape index (κ3) is 3.84. The summed E-state index contributed by atoms with van der Waals surface area (Å²) in [6, 6.07) is 8.74. The van der Waals surface area contributed by atoms with Gasteiger partial charge in [0.05, 0.1) is 19.3 Å². The van der Waals surface area contributed by atoms with Crippen LogP contribution in [0.2, 0.25) is 5.02 Å². The number of methoxy groups -OCH3 is 1. The molecule has 0 amide bonds. The molecule has 0 saturated heterocycles. The van der Waals surface area contributed by atoms with E-state index >= 15 is 0 Å². The Labute approximate surface area is 117 Å². The van der Waals surface area contributed by atoms with E-state index in [0.29, 0.717) is 17.4 Å². The smallest absolute Gasteiger partial charge is 0.137 e. The van der Waals surface area contributed by atoms with Crippen molar-refractivity contribution < 1.29 is 9.47 Å². The van der Waals surface area contributed by atoms with Crippen LogP contribution in [0.3, 0.4) is 0 Å². The Balaban J connectivity index is 1.96. The van der Waals surface area contributed by atoms with Crippen molar-refractivity contribution in [1.82, 2.24) is 4.98 Å². The zero-order chi connectivity index (χ0) is 13.7. The van der Waals surface area contributed by atoms with E-state index in [1.165, 1.54) is 0 Å².